The molecule has 1 saturated heterocycles. The number of rotatable bonds is 5. The highest BCUT2D eigenvalue weighted by Gasteiger charge is 2.55. The van der Waals surface area contributed by atoms with Crippen molar-refractivity contribution in [3.8, 4) is 0 Å². The van der Waals surface area contributed by atoms with Crippen LogP contribution in [0, 0.1) is 0 Å². The van der Waals surface area contributed by atoms with E-state index in [1.165, 1.54) is 0 Å². The van der Waals surface area contributed by atoms with Gasteiger partial charge in [0, 0.05) is 19.1 Å². The van der Waals surface area contributed by atoms with Crippen LogP contribution in [0.25, 0.3) is 0 Å². The number of anilines is 4. The fourth-order valence-electron chi connectivity index (χ4n) is 5.00. The van der Waals surface area contributed by atoms with Crippen LogP contribution in [0.3, 0.4) is 0 Å². The molecule has 2 N–H and O–H groups in total. The Bertz CT molecular complexity index is 999. The summed E-state index contributed by atoms with van der Waals surface area (Å²) in [7, 11) is 0. The van der Waals surface area contributed by atoms with Crippen molar-refractivity contribution in [3.05, 3.63) is 23.8 Å². The lowest BCUT2D eigenvalue weighted by atomic mass is 9.80. The monoisotopic (exact) mass is 439 g/mol. The lowest BCUT2D eigenvalue weighted by Crippen LogP contribution is -2.38. The van der Waals surface area contributed by atoms with Crippen LogP contribution >= 0.6 is 0 Å². The fourth-order valence-corrected chi connectivity index (χ4v) is 5.00. The average Bonchev–Trinajstić information content (AvgIpc) is 3.38. The summed E-state index contributed by atoms with van der Waals surface area (Å²) in [4.78, 5) is 35.8. The number of amides is 1. The van der Waals surface area contributed by atoms with Crippen LogP contribution in [0.1, 0.15) is 50.9 Å². The van der Waals surface area contributed by atoms with Crippen LogP contribution in [0.4, 0.5) is 23.3 Å². The summed E-state index contributed by atoms with van der Waals surface area (Å²) in [6.45, 7) is 6.54. The minimum Gasteiger partial charge on any atom is -0.388 e. The molecular formula is C22H29N7O3. The summed E-state index contributed by atoms with van der Waals surface area (Å²) in [5.74, 6) is 2.06. The molecule has 2 fully saturated rings. The number of nitrogens with one attached hydrogen (secondary N) is 1. The Labute approximate surface area is 187 Å². The predicted octanol–water partition coefficient (Wildman–Crippen LogP) is 1.91. The summed E-state index contributed by atoms with van der Waals surface area (Å²) >= 11 is 0. The minimum absolute atomic E-state index is 0.0103. The van der Waals surface area contributed by atoms with Gasteiger partial charge in [-0.3, -0.25) is 9.69 Å². The quantitative estimate of drug-likeness (QED) is 0.720. The van der Waals surface area contributed by atoms with Gasteiger partial charge in [0.2, 0.25) is 11.9 Å². The Hall–Kier alpha value is -2.85. The van der Waals surface area contributed by atoms with Crippen LogP contribution in [-0.4, -0.2) is 63.3 Å². The maximum atomic E-state index is 13.9. The molecule has 2 aromatic heterocycles. The van der Waals surface area contributed by atoms with Gasteiger partial charge in [-0.25, -0.2) is 19.9 Å². The molecule has 0 aromatic carbocycles. The Morgan fingerprint density at radius 1 is 1.16 bits per heavy atom. The van der Waals surface area contributed by atoms with Crippen LogP contribution in [0.5, 0.6) is 0 Å². The van der Waals surface area contributed by atoms with E-state index >= 15 is 0 Å². The van der Waals surface area contributed by atoms with E-state index in [4.69, 9.17) is 4.74 Å². The predicted molar refractivity (Wildman–Crippen MR) is 119 cm³/mol. The number of carbonyl (C=O) groups is 1. The number of aliphatic hydroxyl groups excluding tert-OH is 1. The number of hydrogen-bond acceptors (Lipinski definition) is 9. The van der Waals surface area contributed by atoms with Crippen LogP contribution < -0.4 is 15.1 Å². The van der Waals surface area contributed by atoms with Crippen LogP contribution in [0.2, 0.25) is 0 Å². The number of ether oxygens (including phenoxy) is 1. The molecule has 0 atom stereocenters. The van der Waals surface area contributed by atoms with Gasteiger partial charge in [-0.1, -0.05) is 12.8 Å². The smallest absolute Gasteiger partial charge is 0.243 e. The minimum atomic E-state index is -0.649. The summed E-state index contributed by atoms with van der Waals surface area (Å²) in [5, 5.41) is 13.2. The summed E-state index contributed by atoms with van der Waals surface area (Å²) in [6, 6.07) is 0.124. The first-order valence-electron chi connectivity index (χ1n) is 11.3. The van der Waals surface area contributed by atoms with E-state index < -0.39 is 5.41 Å². The topological polar surface area (TPSA) is 117 Å². The van der Waals surface area contributed by atoms with Crippen molar-refractivity contribution in [2.24, 2.45) is 0 Å². The maximum absolute atomic E-state index is 13.9. The molecule has 1 spiro atoms. The number of fused-ring (bicyclic) bond motifs is 2. The Morgan fingerprint density at radius 2 is 1.84 bits per heavy atom. The highest BCUT2D eigenvalue weighted by molar-refractivity contribution is 6.13. The summed E-state index contributed by atoms with van der Waals surface area (Å²) < 4.78 is 5.40. The normalized spacial score (nSPS) is 19.8. The van der Waals surface area contributed by atoms with Crippen LogP contribution in [-0.2, 0) is 21.6 Å². The van der Waals surface area contributed by atoms with E-state index in [-0.39, 0.29) is 24.4 Å². The fraction of sp³-hybridized carbons (Fsp3) is 0.591. The maximum Gasteiger partial charge on any atom is 0.243 e. The molecular weight excluding hydrogens is 410 g/mol. The molecule has 170 valence electrons. The molecule has 1 amide bonds. The van der Waals surface area contributed by atoms with Gasteiger partial charge < -0.3 is 20.1 Å². The molecule has 4 heterocycles. The van der Waals surface area contributed by atoms with Crippen molar-refractivity contribution >= 4 is 29.2 Å². The molecule has 1 saturated carbocycles. The van der Waals surface area contributed by atoms with E-state index in [1.54, 1.807) is 17.3 Å². The third kappa shape index (κ3) is 3.38. The van der Waals surface area contributed by atoms with E-state index in [0.29, 0.717) is 36.5 Å². The molecule has 32 heavy (non-hydrogen) atoms. The molecule has 2 aliphatic heterocycles. The first-order valence-corrected chi connectivity index (χ1v) is 11.3. The van der Waals surface area contributed by atoms with Crippen molar-refractivity contribution in [1.82, 2.24) is 19.9 Å². The van der Waals surface area contributed by atoms with E-state index in [2.05, 4.69) is 30.2 Å². The molecule has 5 rings (SSSR count). The second kappa shape index (κ2) is 8.25. The number of morpholine rings is 1. The number of hydrogen-bond donors (Lipinski definition) is 2. The Morgan fingerprint density at radius 3 is 2.47 bits per heavy atom. The van der Waals surface area contributed by atoms with Gasteiger partial charge in [-0.05, 0) is 26.7 Å². The third-order valence-corrected chi connectivity index (χ3v) is 6.44. The van der Waals surface area contributed by atoms with Gasteiger partial charge in [-0.15, -0.1) is 0 Å². The van der Waals surface area contributed by atoms with Gasteiger partial charge in [0.1, 0.15) is 18.2 Å². The van der Waals surface area contributed by atoms with Crippen molar-refractivity contribution in [1.29, 1.82) is 0 Å². The third-order valence-electron chi connectivity index (χ3n) is 6.44. The highest BCUT2D eigenvalue weighted by Crippen LogP contribution is 2.54. The average molecular weight is 440 g/mol. The zero-order chi connectivity index (χ0) is 22.3. The second-order valence-corrected chi connectivity index (χ2v) is 8.91. The number of nitrogens with zero attached hydrogens (tertiary/aromatic N) is 6. The zero-order valence-electron chi connectivity index (χ0n) is 18.5. The van der Waals surface area contributed by atoms with Crippen molar-refractivity contribution < 1.29 is 14.6 Å². The van der Waals surface area contributed by atoms with Crippen molar-refractivity contribution in [3.63, 3.8) is 0 Å². The first kappa shape index (κ1) is 21.0. The van der Waals surface area contributed by atoms with Gasteiger partial charge >= 0.3 is 0 Å². The first-order chi connectivity index (χ1) is 15.5. The molecule has 0 radical (unpaired) electrons. The second-order valence-electron chi connectivity index (χ2n) is 8.91. The molecule has 3 aliphatic rings. The SMILES string of the molecule is CC(C)Nc1nc(CO)nc2c1C1(CCCC1)C(=O)N2c1cnc(N2CCOCC2)nc1. The molecule has 1 aliphatic carbocycles. The van der Waals surface area contributed by atoms with Crippen LogP contribution in [0.15, 0.2) is 12.4 Å². The largest absolute Gasteiger partial charge is 0.388 e. The molecule has 10 nitrogen and oxygen atoms in total. The van der Waals surface area contributed by atoms with E-state index in [1.807, 2.05) is 13.8 Å². The van der Waals surface area contributed by atoms with Gasteiger partial charge in [0.15, 0.2) is 5.82 Å². The number of carbonyl (C=O) groups excluding carboxylic acids is 1. The van der Waals surface area contributed by atoms with Gasteiger partial charge in [0.25, 0.3) is 0 Å². The number of aromatic nitrogens is 4. The van der Waals surface area contributed by atoms with Crippen molar-refractivity contribution in [2.75, 3.05) is 41.4 Å². The van der Waals surface area contributed by atoms with Gasteiger partial charge in [-0.2, -0.15) is 0 Å². The Balaban J connectivity index is 1.59. The standard InChI is InChI=1S/C22H29N7O3/c1-14(2)25-18-17-19(27-16(13-30)26-18)29(20(31)22(17)5-3-4-6-22)15-11-23-21(24-12-15)28-7-9-32-10-8-28/h11-12,14,30H,3-10,13H2,1-2H3,(H,25,26,27). The summed E-state index contributed by atoms with van der Waals surface area (Å²) in [6.07, 6.45) is 6.85. The molecule has 10 heteroatoms. The zero-order valence-corrected chi connectivity index (χ0v) is 18.5. The highest BCUT2D eigenvalue weighted by atomic mass is 16.5. The Kier molecular flexibility index (Phi) is 5.42. The van der Waals surface area contributed by atoms with E-state index in [0.717, 1.165) is 44.3 Å². The van der Waals surface area contributed by atoms with E-state index in [9.17, 15) is 9.90 Å². The van der Waals surface area contributed by atoms with Gasteiger partial charge in [0.05, 0.1) is 42.3 Å². The molecule has 2 aromatic rings. The molecule has 0 unspecified atom stereocenters. The van der Waals surface area contributed by atoms with Crippen molar-refractivity contribution in [2.45, 2.75) is 57.6 Å². The number of aliphatic hydroxyl groups is 1. The molecule has 0 bridgehead atoms. The summed E-state index contributed by atoms with van der Waals surface area (Å²) in [5.41, 5.74) is 0.766. The lowest BCUT2D eigenvalue weighted by Gasteiger charge is -2.27. The lowest BCUT2D eigenvalue weighted by molar-refractivity contribution is -0.122.